The zero-order valence-electron chi connectivity index (χ0n) is 12.3. The van der Waals surface area contributed by atoms with Crippen LogP contribution < -0.4 is 10.6 Å². The van der Waals surface area contributed by atoms with Crippen LogP contribution in [0.2, 0.25) is 5.02 Å². The topological polar surface area (TPSA) is 58.2 Å². The van der Waals surface area contributed by atoms with Crippen LogP contribution in [0, 0.1) is 5.82 Å². The lowest BCUT2D eigenvalue weighted by atomic mass is 10.1. The Morgan fingerprint density at radius 1 is 1.04 bits per heavy atom. The predicted octanol–water partition coefficient (Wildman–Crippen LogP) is 3.17. The molecule has 0 aliphatic rings. The molecule has 120 valence electrons. The Labute approximate surface area is 138 Å². The first-order chi connectivity index (χ1) is 11.0. The van der Waals surface area contributed by atoms with Gasteiger partial charge in [-0.1, -0.05) is 41.9 Å². The maximum absolute atomic E-state index is 13.5. The lowest BCUT2D eigenvalue weighted by Gasteiger charge is -2.08. The molecule has 6 heteroatoms. The third-order valence-electron chi connectivity index (χ3n) is 3.09. The first-order valence-corrected chi connectivity index (χ1v) is 7.48. The van der Waals surface area contributed by atoms with E-state index in [0.717, 1.165) is 11.6 Å². The van der Waals surface area contributed by atoms with Gasteiger partial charge in [0, 0.05) is 18.0 Å². The molecule has 2 N–H and O–H groups in total. The Balaban J connectivity index is 1.73. The molecule has 0 spiro atoms. The summed E-state index contributed by atoms with van der Waals surface area (Å²) in [7, 11) is 0. The van der Waals surface area contributed by atoms with Gasteiger partial charge in [-0.05, 0) is 23.8 Å². The summed E-state index contributed by atoms with van der Waals surface area (Å²) in [4.78, 5) is 23.5. The fraction of sp³-hybridized carbons (Fsp3) is 0.176. The van der Waals surface area contributed by atoms with E-state index in [-0.39, 0.29) is 41.9 Å². The summed E-state index contributed by atoms with van der Waals surface area (Å²) in [5.74, 6) is -1.15. The number of hydrogen-bond acceptors (Lipinski definition) is 2. The van der Waals surface area contributed by atoms with E-state index >= 15 is 0 Å². The third kappa shape index (κ3) is 5.71. The summed E-state index contributed by atoms with van der Waals surface area (Å²) < 4.78 is 13.5. The van der Waals surface area contributed by atoms with Crippen molar-refractivity contribution in [2.45, 2.75) is 12.8 Å². The molecule has 0 saturated heterocycles. The number of rotatable bonds is 6. The van der Waals surface area contributed by atoms with Gasteiger partial charge in [-0.15, -0.1) is 0 Å². The molecule has 23 heavy (non-hydrogen) atoms. The molecule has 0 heterocycles. The second-order valence-electron chi connectivity index (χ2n) is 4.93. The van der Waals surface area contributed by atoms with Gasteiger partial charge in [0.1, 0.15) is 5.82 Å². The lowest BCUT2D eigenvalue weighted by Crippen LogP contribution is -2.29. The van der Waals surface area contributed by atoms with E-state index in [1.807, 2.05) is 30.3 Å². The zero-order valence-corrected chi connectivity index (χ0v) is 13.1. The van der Waals surface area contributed by atoms with E-state index in [1.165, 1.54) is 12.1 Å². The Hall–Kier alpha value is -2.40. The van der Waals surface area contributed by atoms with Crippen molar-refractivity contribution >= 4 is 29.1 Å². The van der Waals surface area contributed by atoms with Crippen molar-refractivity contribution in [2.75, 3.05) is 11.9 Å². The highest BCUT2D eigenvalue weighted by molar-refractivity contribution is 6.30. The van der Waals surface area contributed by atoms with E-state index in [1.54, 1.807) is 0 Å². The van der Waals surface area contributed by atoms with Gasteiger partial charge >= 0.3 is 0 Å². The SMILES string of the molecule is O=C(Cc1ccccc1)NCCC(=O)Nc1ccc(Cl)cc1F. The van der Waals surface area contributed by atoms with Gasteiger partial charge in [0.15, 0.2) is 0 Å². The van der Waals surface area contributed by atoms with Gasteiger partial charge < -0.3 is 10.6 Å². The van der Waals surface area contributed by atoms with Crippen molar-refractivity contribution in [3.8, 4) is 0 Å². The van der Waals surface area contributed by atoms with Crippen LogP contribution in [0.4, 0.5) is 10.1 Å². The quantitative estimate of drug-likeness (QED) is 0.852. The van der Waals surface area contributed by atoms with Crippen molar-refractivity contribution in [3.05, 3.63) is 64.9 Å². The number of hydrogen-bond donors (Lipinski definition) is 2. The number of halogens is 2. The molecule has 2 amide bonds. The molecular weight excluding hydrogens is 319 g/mol. The van der Waals surface area contributed by atoms with Crippen LogP contribution in [0.5, 0.6) is 0 Å². The fourth-order valence-electron chi connectivity index (χ4n) is 1.96. The highest BCUT2D eigenvalue weighted by atomic mass is 35.5. The monoisotopic (exact) mass is 334 g/mol. The van der Waals surface area contributed by atoms with E-state index in [2.05, 4.69) is 10.6 Å². The number of nitrogens with one attached hydrogen (secondary N) is 2. The summed E-state index contributed by atoms with van der Waals surface area (Å²) >= 11 is 5.64. The van der Waals surface area contributed by atoms with Crippen LogP contribution in [0.15, 0.2) is 48.5 Å². The average molecular weight is 335 g/mol. The number of anilines is 1. The standard InChI is InChI=1S/C17H16ClFN2O2/c18-13-6-7-15(14(19)11-13)21-16(22)8-9-20-17(23)10-12-4-2-1-3-5-12/h1-7,11H,8-10H2,(H,20,23)(H,21,22). The van der Waals surface area contributed by atoms with E-state index in [0.29, 0.717) is 0 Å². The van der Waals surface area contributed by atoms with Crippen molar-refractivity contribution < 1.29 is 14.0 Å². The number of amides is 2. The molecule has 0 bridgehead atoms. The summed E-state index contributed by atoms with van der Waals surface area (Å²) in [6.45, 7) is 0.187. The maximum atomic E-state index is 13.5. The summed E-state index contributed by atoms with van der Waals surface area (Å²) in [6, 6.07) is 13.3. The highest BCUT2D eigenvalue weighted by Gasteiger charge is 2.08. The first kappa shape index (κ1) is 17.0. The van der Waals surface area contributed by atoms with Gasteiger partial charge in [-0.25, -0.2) is 4.39 Å². The molecule has 0 unspecified atom stereocenters. The summed E-state index contributed by atoms with van der Waals surface area (Å²) in [5, 5.41) is 5.35. The van der Waals surface area contributed by atoms with Crippen molar-refractivity contribution in [1.82, 2.24) is 5.32 Å². The molecule has 0 aromatic heterocycles. The molecule has 2 aromatic rings. The molecule has 0 radical (unpaired) electrons. The molecule has 2 rings (SSSR count). The van der Waals surface area contributed by atoms with Crippen LogP contribution in [-0.2, 0) is 16.0 Å². The van der Waals surface area contributed by atoms with Crippen LogP contribution >= 0.6 is 11.6 Å². The number of carbonyl (C=O) groups excluding carboxylic acids is 2. The Morgan fingerprint density at radius 3 is 2.48 bits per heavy atom. The van der Waals surface area contributed by atoms with Gasteiger partial charge in [0.05, 0.1) is 12.1 Å². The second kappa shape index (κ2) is 8.29. The molecular formula is C17H16ClFN2O2. The molecule has 2 aromatic carbocycles. The third-order valence-corrected chi connectivity index (χ3v) is 3.32. The van der Waals surface area contributed by atoms with Gasteiger partial charge in [-0.3, -0.25) is 9.59 Å². The number of carbonyl (C=O) groups is 2. The van der Waals surface area contributed by atoms with Gasteiger partial charge in [-0.2, -0.15) is 0 Å². The van der Waals surface area contributed by atoms with Crippen molar-refractivity contribution in [2.24, 2.45) is 0 Å². The molecule has 4 nitrogen and oxygen atoms in total. The molecule has 0 atom stereocenters. The Kier molecular flexibility index (Phi) is 6.11. The molecule has 0 aliphatic carbocycles. The lowest BCUT2D eigenvalue weighted by molar-refractivity contribution is -0.120. The van der Waals surface area contributed by atoms with Crippen molar-refractivity contribution in [3.63, 3.8) is 0 Å². The Morgan fingerprint density at radius 2 is 1.78 bits per heavy atom. The fourth-order valence-corrected chi connectivity index (χ4v) is 2.12. The van der Waals surface area contributed by atoms with Crippen LogP contribution in [-0.4, -0.2) is 18.4 Å². The van der Waals surface area contributed by atoms with E-state index in [9.17, 15) is 14.0 Å². The maximum Gasteiger partial charge on any atom is 0.226 e. The summed E-state index contributed by atoms with van der Waals surface area (Å²) in [6.07, 6.45) is 0.316. The van der Waals surface area contributed by atoms with Crippen LogP contribution in [0.1, 0.15) is 12.0 Å². The van der Waals surface area contributed by atoms with Gasteiger partial charge in [0.2, 0.25) is 11.8 Å². The minimum absolute atomic E-state index is 0.0581. The second-order valence-corrected chi connectivity index (χ2v) is 5.37. The van der Waals surface area contributed by atoms with E-state index in [4.69, 9.17) is 11.6 Å². The van der Waals surface area contributed by atoms with Crippen LogP contribution in [0.25, 0.3) is 0 Å². The van der Waals surface area contributed by atoms with Crippen LogP contribution in [0.3, 0.4) is 0 Å². The minimum atomic E-state index is -0.598. The van der Waals surface area contributed by atoms with Gasteiger partial charge in [0.25, 0.3) is 0 Å². The number of benzene rings is 2. The smallest absolute Gasteiger partial charge is 0.226 e. The summed E-state index contributed by atoms with van der Waals surface area (Å²) in [5.41, 5.74) is 0.965. The molecule has 0 aliphatic heterocycles. The molecule has 0 fully saturated rings. The minimum Gasteiger partial charge on any atom is -0.355 e. The Bertz CT molecular complexity index is 692. The van der Waals surface area contributed by atoms with E-state index < -0.39 is 5.82 Å². The average Bonchev–Trinajstić information content (AvgIpc) is 2.51. The first-order valence-electron chi connectivity index (χ1n) is 7.10. The highest BCUT2D eigenvalue weighted by Crippen LogP contribution is 2.18. The normalized spacial score (nSPS) is 10.2. The predicted molar refractivity (Wildman–Crippen MR) is 87.8 cm³/mol. The largest absolute Gasteiger partial charge is 0.355 e. The molecule has 0 saturated carbocycles. The van der Waals surface area contributed by atoms with Crippen molar-refractivity contribution in [1.29, 1.82) is 0 Å². The zero-order chi connectivity index (χ0) is 16.7.